The summed E-state index contributed by atoms with van der Waals surface area (Å²) in [4.78, 5) is 78.5. The maximum Gasteiger partial charge on any atom is 0.272 e. The lowest BCUT2D eigenvalue weighted by Gasteiger charge is -2.40. The minimum Gasteiger partial charge on any atom is -0.497 e. The summed E-state index contributed by atoms with van der Waals surface area (Å²) < 4.78 is 26.2. The van der Waals surface area contributed by atoms with Gasteiger partial charge in [0.25, 0.3) is 17.4 Å². The number of benzene rings is 4. The molecule has 1 aromatic heterocycles. The van der Waals surface area contributed by atoms with E-state index in [9.17, 15) is 24.0 Å². The Morgan fingerprint density at radius 1 is 0.740 bits per heavy atom. The van der Waals surface area contributed by atoms with E-state index >= 15 is 4.39 Å². The molecule has 9 rings (SSSR count). The summed E-state index contributed by atoms with van der Waals surface area (Å²) in [6, 6.07) is 25.4. The Bertz CT molecular complexity index is 2820. The van der Waals surface area contributed by atoms with Crippen LogP contribution in [0.15, 0.2) is 89.7 Å². The molecule has 16 nitrogen and oxygen atoms in total. The fourth-order valence-corrected chi connectivity index (χ4v) is 10.9. The number of piperidine rings is 2. The zero-order valence-corrected chi connectivity index (χ0v) is 42.2. The number of methoxy groups -OCH3 is 1. The van der Waals surface area contributed by atoms with Crippen LogP contribution in [0.1, 0.15) is 81.6 Å². The molecule has 17 heteroatoms. The van der Waals surface area contributed by atoms with Gasteiger partial charge in [0, 0.05) is 127 Å². The van der Waals surface area contributed by atoms with Crippen molar-refractivity contribution in [3.63, 3.8) is 0 Å². The SMILES string of the molecule is CCOc1cc(OC)ccc1CNCC(=O)N1CCC[C@H](c2cccc(C(=O)N3CCC(CN4CCN(CC(=O)N5CCN(C(=O)c6cc(Cc7n[nH]c(=O)c8ccccc78)ccc6F)CC5)CC4)CC3)c2)C1. The van der Waals surface area contributed by atoms with Gasteiger partial charge in [-0.25, -0.2) is 9.49 Å². The molecule has 4 aliphatic heterocycles. The number of carbonyl (C=O) groups is 4. The molecule has 5 heterocycles. The number of nitrogens with zero attached hydrogens (tertiary/aromatic N) is 7. The average molecular weight is 998 g/mol. The van der Waals surface area contributed by atoms with Crippen LogP contribution >= 0.6 is 0 Å². The van der Waals surface area contributed by atoms with Crippen molar-refractivity contribution in [3.05, 3.63) is 135 Å². The minimum absolute atomic E-state index is 0.0208. The van der Waals surface area contributed by atoms with Gasteiger partial charge in [-0.1, -0.05) is 42.5 Å². The number of amides is 4. The van der Waals surface area contributed by atoms with E-state index in [0.29, 0.717) is 92.4 Å². The highest BCUT2D eigenvalue weighted by molar-refractivity contribution is 5.95. The molecule has 4 fully saturated rings. The highest BCUT2D eigenvalue weighted by atomic mass is 19.1. The molecule has 4 aromatic carbocycles. The van der Waals surface area contributed by atoms with E-state index in [1.807, 2.05) is 65.3 Å². The molecule has 0 saturated carbocycles. The molecule has 386 valence electrons. The van der Waals surface area contributed by atoms with Gasteiger partial charge in [0.1, 0.15) is 17.3 Å². The Morgan fingerprint density at radius 2 is 1.48 bits per heavy atom. The van der Waals surface area contributed by atoms with Gasteiger partial charge in [-0.15, -0.1) is 0 Å². The van der Waals surface area contributed by atoms with Gasteiger partial charge in [0.2, 0.25) is 11.8 Å². The number of fused-ring (bicyclic) bond motifs is 1. The van der Waals surface area contributed by atoms with Crippen molar-refractivity contribution in [1.29, 1.82) is 0 Å². The average Bonchev–Trinajstić information content (AvgIpc) is 3.43. The van der Waals surface area contributed by atoms with E-state index < -0.39 is 11.7 Å². The Morgan fingerprint density at radius 3 is 2.25 bits per heavy atom. The molecule has 4 saturated heterocycles. The quantitative estimate of drug-likeness (QED) is 0.137. The second-order valence-corrected chi connectivity index (χ2v) is 19.8. The van der Waals surface area contributed by atoms with Crippen molar-refractivity contribution in [2.24, 2.45) is 5.92 Å². The molecule has 2 N–H and O–H groups in total. The third-order valence-electron chi connectivity index (χ3n) is 15.1. The van der Waals surface area contributed by atoms with E-state index in [4.69, 9.17) is 9.47 Å². The number of nitrogens with one attached hydrogen (secondary N) is 2. The summed E-state index contributed by atoms with van der Waals surface area (Å²) in [7, 11) is 1.63. The van der Waals surface area contributed by atoms with Crippen molar-refractivity contribution >= 4 is 34.4 Å². The predicted octanol–water partition coefficient (Wildman–Crippen LogP) is 5.01. The third kappa shape index (κ3) is 12.6. The molecule has 1 atom stereocenters. The van der Waals surface area contributed by atoms with Gasteiger partial charge in [-0.05, 0) is 86.1 Å². The molecule has 4 aliphatic rings. The molecule has 0 bridgehead atoms. The summed E-state index contributed by atoms with van der Waals surface area (Å²) in [5, 5.41) is 11.3. The second kappa shape index (κ2) is 23.9. The zero-order valence-electron chi connectivity index (χ0n) is 42.2. The van der Waals surface area contributed by atoms with E-state index in [0.717, 1.165) is 101 Å². The molecular weight excluding hydrogens is 930 g/mol. The van der Waals surface area contributed by atoms with E-state index in [-0.39, 0.29) is 41.3 Å². The summed E-state index contributed by atoms with van der Waals surface area (Å²) in [6.07, 6.45) is 4.08. The van der Waals surface area contributed by atoms with Crippen LogP contribution in [0.5, 0.6) is 11.5 Å². The summed E-state index contributed by atoms with van der Waals surface area (Å²) in [5.41, 5.74) is 3.80. The highest BCUT2D eigenvalue weighted by Crippen LogP contribution is 2.30. The maximum atomic E-state index is 15.1. The number of rotatable bonds is 16. The molecule has 5 aromatic rings. The van der Waals surface area contributed by atoms with Crippen molar-refractivity contribution < 1.29 is 33.0 Å². The van der Waals surface area contributed by atoms with Crippen LogP contribution in [0.3, 0.4) is 0 Å². The first-order chi connectivity index (χ1) is 35.5. The Hall–Kier alpha value is -6.69. The third-order valence-corrected chi connectivity index (χ3v) is 15.1. The van der Waals surface area contributed by atoms with Gasteiger partial charge in [-0.2, -0.15) is 5.10 Å². The number of likely N-dealkylation sites (tertiary alicyclic amines) is 2. The molecule has 0 spiro atoms. The van der Waals surface area contributed by atoms with Crippen LogP contribution in [-0.4, -0.2) is 175 Å². The first-order valence-corrected chi connectivity index (χ1v) is 26.0. The van der Waals surface area contributed by atoms with Crippen LogP contribution in [0.2, 0.25) is 0 Å². The van der Waals surface area contributed by atoms with Crippen LogP contribution in [0.4, 0.5) is 4.39 Å². The molecule has 0 unspecified atom stereocenters. The number of aromatic amines is 1. The van der Waals surface area contributed by atoms with E-state index in [1.165, 1.54) is 6.07 Å². The number of ether oxygens (including phenoxy) is 2. The van der Waals surface area contributed by atoms with E-state index in [2.05, 4.69) is 31.4 Å². The highest BCUT2D eigenvalue weighted by Gasteiger charge is 2.31. The van der Waals surface area contributed by atoms with Crippen LogP contribution in [0.25, 0.3) is 10.8 Å². The Balaban J connectivity index is 0.673. The molecular formula is C56H68FN9O7. The Kier molecular flexibility index (Phi) is 16.8. The molecule has 4 amide bonds. The molecule has 0 radical (unpaired) electrons. The predicted molar refractivity (Wildman–Crippen MR) is 276 cm³/mol. The van der Waals surface area contributed by atoms with Gasteiger partial charge in [0.05, 0.1) is 43.4 Å². The van der Waals surface area contributed by atoms with Crippen molar-refractivity contribution in [1.82, 2.24) is 44.9 Å². The topological polar surface area (TPSA) is 164 Å². The summed E-state index contributed by atoms with van der Waals surface area (Å²) in [6.45, 7) is 12.0. The number of hydrogen-bond donors (Lipinski definition) is 2. The number of carbonyl (C=O) groups excluding carboxylic acids is 4. The van der Waals surface area contributed by atoms with Crippen LogP contribution in [-0.2, 0) is 22.6 Å². The number of piperazine rings is 2. The lowest BCUT2D eigenvalue weighted by atomic mass is 9.89. The smallest absolute Gasteiger partial charge is 0.272 e. The van der Waals surface area contributed by atoms with Crippen molar-refractivity contribution in [2.75, 3.05) is 112 Å². The molecule has 73 heavy (non-hydrogen) atoms. The number of halogens is 1. The van der Waals surface area contributed by atoms with Gasteiger partial charge in [0.15, 0.2) is 0 Å². The van der Waals surface area contributed by atoms with Crippen LogP contribution < -0.4 is 20.3 Å². The summed E-state index contributed by atoms with van der Waals surface area (Å²) in [5.74, 6) is 1.29. The Labute approximate surface area is 426 Å². The van der Waals surface area contributed by atoms with E-state index in [1.54, 1.807) is 41.2 Å². The fraction of sp³-hybridized carbons (Fsp3) is 0.464. The zero-order chi connectivity index (χ0) is 50.8. The summed E-state index contributed by atoms with van der Waals surface area (Å²) >= 11 is 0. The van der Waals surface area contributed by atoms with Crippen LogP contribution in [0, 0.1) is 11.7 Å². The van der Waals surface area contributed by atoms with Gasteiger partial charge < -0.3 is 39.3 Å². The minimum atomic E-state index is -0.604. The van der Waals surface area contributed by atoms with Gasteiger partial charge >= 0.3 is 0 Å². The first kappa shape index (κ1) is 51.2. The standard InChI is InChI=1S/C56H68FN9O7/c1-3-73-51-33-45(72-2)15-14-43(51)34-58-35-52(67)66-19-7-10-44(37-66)41-8-6-9-42(32-41)55(70)64-20-17-39(18-21-64)36-61-22-24-62(25-23-61)38-53(68)63-26-28-65(29-27-63)56(71)48-30-40(13-16-49(48)57)31-50-46-11-4-5-12-47(46)54(69)60-59-50/h4-6,8-9,11-16,30,32-33,39,44,58H,3,7,10,17-29,31,34-38H2,1-2H3,(H,60,69)/t44-/m0/s1. The number of H-pyrrole nitrogens is 1. The monoisotopic (exact) mass is 998 g/mol. The normalized spacial score (nSPS) is 18.3. The largest absolute Gasteiger partial charge is 0.497 e. The lowest BCUT2D eigenvalue weighted by molar-refractivity contribution is -0.134. The second-order valence-electron chi connectivity index (χ2n) is 19.8. The maximum absolute atomic E-state index is 15.1. The number of aromatic nitrogens is 2. The van der Waals surface area contributed by atoms with Gasteiger partial charge in [-0.3, -0.25) is 28.9 Å². The lowest BCUT2D eigenvalue weighted by Crippen LogP contribution is -2.55. The fourth-order valence-electron chi connectivity index (χ4n) is 10.9. The van der Waals surface area contributed by atoms with Crippen molar-refractivity contribution in [3.8, 4) is 11.5 Å². The number of hydrogen-bond acceptors (Lipinski definition) is 11. The van der Waals surface area contributed by atoms with Crippen molar-refractivity contribution in [2.45, 2.75) is 51.5 Å². The first-order valence-electron chi connectivity index (χ1n) is 26.0. The molecule has 0 aliphatic carbocycles.